The number of carboxylic acid groups (broad SMARTS) is 1. The van der Waals surface area contributed by atoms with E-state index in [9.17, 15) is 4.79 Å². The van der Waals surface area contributed by atoms with Crippen molar-refractivity contribution >= 4 is 17.5 Å². The fourth-order valence-electron chi connectivity index (χ4n) is 1.48. The average molecular weight is 242 g/mol. The van der Waals surface area contributed by atoms with Crippen molar-refractivity contribution in [2.24, 2.45) is 0 Å². The van der Waals surface area contributed by atoms with Crippen molar-refractivity contribution in [3.05, 3.63) is 47.2 Å². The number of aromatic carboxylic acids is 1. The zero-order chi connectivity index (χ0) is 13.1. The average Bonchev–Trinajstić information content (AvgIpc) is 2.81. The van der Waals surface area contributed by atoms with E-state index >= 15 is 0 Å². The summed E-state index contributed by atoms with van der Waals surface area (Å²) in [5.41, 5.74) is 2.16. The molecule has 1 aromatic carbocycles. The lowest BCUT2D eigenvalue weighted by Crippen LogP contribution is -1.94. The first-order valence-electron chi connectivity index (χ1n) is 5.21. The maximum absolute atomic E-state index is 10.7. The number of carbonyl (C=O) groups is 1. The van der Waals surface area contributed by atoms with Crippen LogP contribution in [0.3, 0.4) is 0 Å². The SMILES string of the molecule is Cc1ccc(C#N)cc1Nc1ccc(C(=O)O)o1. The monoisotopic (exact) mass is 242 g/mol. The summed E-state index contributed by atoms with van der Waals surface area (Å²) >= 11 is 0. The Morgan fingerprint density at radius 1 is 1.39 bits per heavy atom. The zero-order valence-electron chi connectivity index (χ0n) is 9.60. The lowest BCUT2D eigenvalue weighted by Gasteiger charge is -2.06. The summed E-state index contributed by atoms with van der Waals surface area (Å²) in [6.45, 7) is 1.88. The molecule has 90 valence electrons. The van der Waals surface area contributed by atoms with E-state index in [1.807, 2.05) is 19.1 Å². The van der Waals surface area contributed by atoms with Gasteiger partial charge in [-0.05, 0) is 30.7 Å². The molecule has 0 spiro atoms. The Morgan fingerprint density at radius 3 is 2.78 bits per heavy atom. The van der Waals surface area contributed by atoms with E-state index in [1.165, 1.54) is 12.1 Å². The van der Waals surface area contributed by atoms with E-state index in [0.29, 0.717) is 17.1 Å². The van der Waals surface area contributed by atoms with Gasteiger partial charge in [0, 0.05) is 11.8 Å². The second-order valence-corrected chi connectivity index (χ2v) is 3.74. The first-order chi connectivity index (χ1) is 8.60. The van der Waals surface area contributed by atoms with Gasteiger partial charge in [-0.1, -0.05) is 6.07 Å². The number of rotatable bonds is 3. The summed E-state index contributed by atoms with van der Waals surface area (Å²) in [5.74, 6) is -0.928. The van der Waals surface area contributed by atoms with Crippen LogP contribution < -0.4 is 5.32 Å². The van der Waals surface area contributed by atoms with Gasteiger partial charge in [0.2, 0.25) is 5.76 Å². The van der Waals surface area contributed by atoms with Crippen LogP contribution in [0, 0.1) is 18.3 Å². The molecule has 0 saturated heterocycles. The second-order valence-electron chi connectivity index (χ2n) is 3.74. The van der Waals surface area contributed by atoms with Crippen LogP contribution >= 0.6 is 0 Å². The summed E-state index contributed by atoms with van der Waals surface area (Å²) < 4.78 is 5.08. The van der Waals surface area contributed by atoms with Crippen molar-refractivity contribution in [1.29, 1.82) is 5.26 Å². The summed E-state index contributed by atoms with van der Waals surface area (Å²) in [6.07, 6.45) is 0. The van der Waals surface area contributed by atoms with Crippen molar-refractivity contribution < 1.29 is 14.3 Å². The van der Waals surface area contributed by atoms with Crippen molar-refractivity contribution in [2.75, 3.05) is 5.32 Å². The Labute approximate surface area is 103 Å². The summed E-state index contributed by atoms with van der Waals surface area (Å²) in [6, 6.07) is 10.1. The van der Waals surface area contributed by atoms with E-state index in [-0.39, 0.29) is 5.76 Å². The van der Waals surface area contributed by atoms with Crippen LogP contribution in [0.1, 0.15) is 21.7 Å². The van der Waals surface area contributed by atoms with Crippen LogP contribution in [0.4, 0.5) is 11.6 Å². The number of nitriles is 1. The molecule has 0 bridgehead atoms. The molecule has 18 heavy (non-hydrogen) atoms. The minimum absolute atomic E-state index is 0.133. The third-order valence-electron chi connectivity index (χ3n) is 2.44. The van der Waals surface area contributed by atoms with E-state index in [4.69, 9.17) is 14.8 Å². The number of furan rings is 1. The van der Waals surface area contributed by atoms with E-state index in [2.05, 4.69) is 5.32 Å². The molecule has 0 aliphatic heterocycles. The quantitative estimate of drug-likeness (QED) is 0.864. The highest BCUT2D eigenvalue weighted by Crippen LogP contribution is 2.23. The van der Waals surface area contributed by atoms with Crippen LogP contribution in [-0.2, 0) is 0 Å². The highest BCUT2D eigenvalue weighted by atomic mass is 16.4. The molecule has 0 aliphatic carbocycles. The molecule has 0 atom stereocenters. The van der Waals surface area contributed by atoms with Crippen molar-refractivity contribution in [2.45, 2.75) is 6.92 Å². The molecule has 0 radical (unpaired) electrons. The Morgan fingerprint density at radius 2 is 2.17 bits per heavy atom. The molecule has 5 nitrogen and oxygen atoms in total. The molecule has 1 aromatic heterocycles. The molecule has 2 aromatic rings. The maximum atomic E-state index is 10.7. The fraction of sp³-hybridized carbons (Fsp3) is 0.0769. The highest BCUT2D eigenvalue weighted by Gasteiger charge is 2.09. The molecular weight excluding hydrogens is 232 g/mol. The van der Waals surface area contributed by atoms with E-state index in [1.54, 1.807) is 12.1 Å². The van der Waals surface area contributed by atoms with Crippen LogP contribution in [0.25, 0.3) is 0 Å². The molecule has 0 unspecified atom stereocenters. The zero-order valence-corrected chi connectivity index (χ0v) is 9.60. The molecule has 2 rings (SSSR count). The largest absolute Gasteiger partial charge is 0.475 e. The van der Waals surface area contributed by atoms with Crippen molar-refractivity contribution in [3.8, 4) is 6.07 Å². The Bertz CT molecular complexity index is 638. The smallest absolute Gasteiger partial charge is 0.371 e. The number of carboxylic acids is 1. The number of anilines is 2. The van der Waals surface area contributed by atoms with Crippen LogP contribution in [0.15, 0.2) is 34.7 Å². The molecular formula is C13H10N2O3. The van der Waals surface area contributed by atoms with E-state index < -0.39 is 5.97 Å². The number of benzene rings is 1. The summed E-state index contributed by atoms with van der Waals surface area (Å²) in [5, 5.41) is 20.5. The molecule has 0 aliphatic rings. The molecule has 2 N–H and O–H groups in total. The Balaban J connectivity index is 2.28. The first-order valence-corrected chi connectivity index (χ1v) is 5.21. The maximum Gasteiger partial charge on any atom is 0.371 e. The molecule has 0 amide bonds. The number of nitrogens with one attached hydrogen (secondary N) is 1. The molecule has 1 heterocycles. The fourth-order valence-corrected chi connectivity index (χ4v) is 1.48. The predicted octanol–water partition coefficient (Wildman–Crippen LogP) is 2.90. The normalized spacial score (nSPS) is 9.78. The molecule has 5 heteroatoms. The lowest BCUT2D eigenvalue weighted by molar-refractivity contribution is 0.0663. The number of hydrogen-bond acceptors (Lipinski definition) is 4. The van der Waals surface area contributed by atoms with Crippen molar-refractivity contribution in [3.63, 3.8) is 0 Å². The van der Waals surface area contributed by atoms with Crippen LogP contribution in [0.5, 0.6) is 0 Å². The lowest BCUT2D eigenvalue weighted by atomic mass is 10.1. The van der Waals surface area contributed by atoms with Gasteiger partial charge >= 0.3 is 5.97 Å². The van der Waals surface area contributed by atoms with Gasteiger partial charge in [-0.3, -0.25) is 0 Å². The van der Waals surface area contributed by atoms with Gasteiger partial charge in [-0.2, -0.15) is 5.26 Å². The first kappa shape index (κ1) is 11.7. The van der Waals surface area contributed by atoms with Gasteiger partial charge < -0.3 is 14.8 Å². The van der Waals surface area contributed by atoms with Gasteiger partial charge in [0.1, 0.15) is 0 Å². The van der Waals surface area contributed by atoms with Gasteiger partial charge in [0.25, 0.3) is 0 Å². The van der Waals surface area contributed by atoms with Gasteiger partial charge in [-0.15, -0.1) is 0 Å². The minimum Gasteiger partial charge on any atom is -0.475 e. The summed E-state index contributed by atoms with van der Waals surface area (Å²) in [4.78, 5) is 10.7. The van der Waals surface area contributed by atoms with Crippen LogP contribution in [0.2, 0.25) is 0 Å². The Kier molecular flexibility index (Phi) is 3.02. The van der Waals surface area contributed by atoms with Crippen LogP contribution in [-0.4, -0.2) is 11.1 Å². The number of hydrogen-bond donors (Lipinski definition) is 2. The standard InChI is InChI=1S/C13H10N2O3/c1-8-2-3-9(7-14)6-10(8)15-12-5-4-11(18-12)13(16)17/h2-6,15H,1H3,(H,16,17). The minimum atomic E-state index is -1.12. The third-order valence-corrected chi connectivity index (χ3v) is 2.44. The van der Waals surface area contributed by atoms with E-state index in [0.717, 1.165) is 5.56 Å². The third kappa shape index (κ3) is 2.33. The number of nitrogens with zero attached hydrogens (tertiary/aromatic N) is 1. The number of aryl methyl sites for hydroxylation is 1. The second kappa shape index (κ2) is 4.63. The van der Waals surface area contributed by atoms with Gasteiger partial charge in [0.15, 0.2) is 5.88 Å². The van der Waals surface area contributed by atoms with Crippen molar-refractivity contribution in [1.82, 2.24) is 0 Å². The molecule has 0 fully saturated rings. The van der Waals surface area contributed by atoms with Gasteiger partial charge in [-0.25, -0.2) is 4.79 Å². The Hall–Kier alpha value is -2.74. The summed E-state index contributed by atoms with van der Waals surface area (Å²) in [7, 11) is 0. The predicted molar refractivity (Wildman–Crippen MR) is 64.8 cm³/mol. The highest BCUT2D eigenvalue weighted by molar-refractivity contribution is 5.85. The molecule has 0 saturated carbocycles. The van der Waals surface area contributed by atoms with Gasteiger partial charge in [0.05, 0.1) is 11.6 Å². The topological polar surface area (TPSA) is 86.3 Å².